The number of benzene rings is 1. The molecule has 3 nitrogen and oxygen atoms in total. The van der Waals surface area contributed by atoms with Crippen LogP contribution in [-0.4, -0.2) is 24.4 Å². The average Bonchev–Trinajstić information content (AvgIpc) is 2.28. The number of aliphatic hydroxyl groups excluding tert-OH is 1. The Balaban J connectivity index is 2.87. The van der Waals surface area contributed by atoms with Gasteiger partial charge in [-0.15, -0.1) is 0 Å². The summed E-state index contributed by atoms with van der Waals surface area (Å²) in [5, 5.41) is 9.58. The molecular formula is C11H13F4NO2. The maximum absolute atomic E-state index is 13.4. The predicted molar refractivity (Wildman–Crippen MR) is 56.6 cm³/mol. The maximum atomic E-state index is 13.4. The quantitative estimate of drug-likeness (QED) is 0.822. The molecule has 0 saturated carbocycles. The Kier molecular flexibility index (Phi) is 4.53. The van der Waals surface area contributed by atoms with Crippen LogP contribution in [0.5, 0.6) is 5.75 Å². The van der Waals surface area contributed by atoms with Gasteiger partial charge >= 0.3 is 6.18 Å². The summed E-state index contributed by atoms with van der Waals surface area (Å²) < 4.78 is 54.8. The molecule has 1 rings (SSSR count). The first-order valence-corrected chi connectivity index (χ1v) is 5.09. The van der Waals surface area contributed by atoms with Crippen LogP contribution in [0.25, 0.3) is 0 Å². The molecule has 102 valence electrons. The van der Waals surface area contributed by atoms with E-state index in [0.29, 0.717) is 0 Å². The third-order valence-corrected chi connectivity index (χ3v) is 2.46. The summed E-state index contributed by atoms with van der Waals surface area (Å²) in [7, 11) is 1.32. The van der Waals surface area contributed by atoms with E-state index in [1.807, 2.05) is 0 Å². The fourth-order valence-electron chi connectivity index (χ4n) is 1.41. The summed E-state index contributed by atoms with van der Waals surface area (Å²) in [6, 6.07) is 1.24. The highest BCUT2D eigenvalue weighted by Gasteiger charge is 2.38. The first-order chi connectivity index (χ1) is 8.25. The largest absolute Gasteiger partial charge is 0.497 e. The van der Waals surface area contributed by atoms with Gasteiger partial charge in [0, 0.05) is 12.0 Å². The van der Waals surface area contributed by atoms with E-state index in [9.17, 15) is 22.7 Å². The summed E-state index contributed by atoms with van der Waals surface area (Å²) in [6.07, 6.45) is -7.08. The van der Waals surface area contributed by atoms with E-state index in [4.69, 9.17) is 10.5 Å². The van der Waals surface area contributed by atoms with Crippen LogP contribution in [0.2, 0.25) is 0 Å². The van der Waals surface area contributed by atoms with Gasteiger partial charge in [-0.05, 0) is 18.2 Å². The van der Waals surface area contributed by atoms with Crippen molar-refractivity contribution in [1.29, 1.82) is 0 Å². The van der Waals surface area contributed by atoms with E-state index in [1.54, 1.807) is 0 Å². The first-order valence-electron chi connectivity index (χ1n) is 5.09. The molecule has 1 aromatic carbocycles. The number of ether oxygens (including phenoxy) is 1. The minimum Gasteiger partial charge on any atom is -0.497 e. The van der Waals surface area contributed by atoms with E-state index in [-0.39, 0.29) is 11.3 Å². The molecule has 0 bridgehead atoms. The van der Waals surface area contributed by atoms with E-state index in [1.165, 1.54) is 13.2 Å². The molecule has 0 amide bonds. The normalized spacial score (nSPS) is 15.3. The molecule has 18 heavy (non-hydrogen) atoms. The smallest absolute Gasteiger partial charge is 0.403 e. The Morgan fingerprint density at radius 3 is 2.50 bits per heavy atom. The Bertz CT molecular complexity index is 409. The number of hydrogen-bond donors (Lipinski definition) is 2. The zero-order valence-corrected chi connectivity index (χ0v) is 9.54. The molecule has 0 radical (unpaired) electrons. The third-order valence-electron chi connectivity index (χ3n) is 2.46. The molecular weight excluding hydrogens is 254 g/mol. The molecule has 0 heterocycles. The van der Waals surface area contributed by atoms with Crippen molar-refractivity contribution >= 4 is 0 Å². The summed E-state index contributed by atoms with van der Waals surface area (Å²) >= 11 is 0. The fraction of sp³-hybridized carbons (Fsp3) is 0.455. The molecule has 0 aliphatic carbocycles. The summed E-state index contributed by atoms with van der Waals surface area (Å²) in [5.41, 5.74) is 4.60. The lowest BCUT2D eigenvalue weighted by Crippen LogP contribution is -2.38. The first kappa shape index (κ1) is 14.7. The zero-order valence-electron chi connectivity index (χ0n) is 9.54. The van der Waals surface area contributed by atoms with Crippen LogP contribution in [0.3, 0.4) is 0 Å². The van der Waals surface area contributed by atoms with Gasteiger partial charge in [-0.3, -0.25) is 0 Å². The van der Waals surface area contributed by atoms with Crippen molar-refractivity contribution in [1.82, 2.24) is 0 Å². The Morgan fingerprint density at radius 2 is 2.00 bits per heavy atom. The third kappa shape index (κ3) is 3.58. The molecule has 0 unspecified atom stereocenters. The second kappa shape index (κ2) is 5.53. The Morgan fingerprint density at radius 1 is 1.39 bits per heavy atom. The SMILES string of the molecule is COc1ccc(F)c([C@H](O)C[C@@H](N)C(F)(F)F)c1. The van der Waals surface area contributed by atoms with Gasteiger partial charge in [-0.2, -0.15) is 13.2 Å². The molecule has 2 atom stereocenters. The summed E-state index contributed by atoms with van der Waals surface area (Å²) in [4.78, 5) is 0. The number of aliphatic hydroxyl groups is 1. The zero-order chi connectivity index (χ0) is 13.9. The monoisotopic (exact) mass is 267 g/mol. The number of methoxy groups -OCH3 is 1. The minimum atomic E-state index is -4.63. The van der Waals surface area contributed by atoms with Crippen molar-refractivity contribution < 1.29 is 27.4 Å². The van der Waals surface area contributed by atoms with Gasteiger partial charge in [-0.1, -0.05) is 0 Å². The van der Waals surface area contributed by atoms with Crippen molar-refractivity contribution in [3.63, 3.8) is 0 Å². The lowest BCUT2D eigenvalue weighted by atomic mass is 10.0. The van der Waals surface area contributed by atoms with E-state index >= 15 is 0 Å². The van der Waals surface area contributed by atoms with Crippen molar-refractivity contribution in [2.24, 2.45) is 5.73 Å². The van der Waals surface area contributed by atoms with Crippen LogP contribution in [0, 0.1) is 5.82 Å². The van der Waals surface area contributed by atoms with E-state index in [2.05, 4.69) is 0 Å². The van der Waals surface area contributed by atoms with Crippen LogP contribution in [-0.2, 0) is 0 Å². The summed E-state index contributed by atoms with van der Waals surface area (Å²) in [5.74, 6) is -0.566. The van der Waals surface area contributed by atoms with Gasteiger partial charge in [0.15, 0.2) is 0 Å². The second-order valence-electron chi connectivity index (χ2n) is 3.79. The molecule has 0 spiro atoms. The fourth-order valence-corrected chi connectivity index (χ4v) is 1.41. The van der Waals surface area contributed by atoms with Gasteiger partial charge in [0.25, 0.3) is 0 Å². The predicted octanol–water partition coefficient (Wildman–Crippen LogP) is 2.15. The van der Waals surface area contributed by atoms with Crippen molar-refractivity contribution in [3.05, 3.63) is 29.6 Å². The average molecular weight is 267 g/mol. The molecule has 0 aliphatic heterocycles. The number of nitrogens with two attached hydrogens (primary N) is 1. The van der Waals surface area contributed by atoms with Crippen molar-refractivity contribution in [3.8, 4) is 5.75 Å². The number of hydrogen-bond acceptors (Lipinski definition) is 3. The molecule has 0 saturated heterocycles. The van der Waals surface area contributed by atoms with Crippen molar-refractivity contribution in [2.75, 3.05) is 7.11 Å². The highest BCUT2D eigenvalue weighted by Crippen LogP contribution is 2.29. The lowest BCUT2D eigenvalue weighted by Gasteiger charge is -2.19. The van der Waals surface area contributed by atoms with Gasteiger partial charge in [0.1, 0.15) is 17.6 Å². The number of alkyl halides is 3. The van der Waals surface area contributed by atoms with Gasteiger partial charge in [0.05, 0.1) is 13.2 Å². The number of halogens is 4. The van der Waals surface area contributed by atoms with E-state index < -0.39 is 30.6 Å². The molecule has 0 aliphatic rings. The van der Waals surface area contributed by atoms with Crippen LogP contribution in [0.4, 0.5) is 17.6 Å². The number of rotatable bonds is 4. The van der Waals surface area contributed by atoms with Crippen molar-refractivity contribution in [2.45, 2.75) is 24.7 Å². The van der Waals surface area contributed by atoms with Crippen LogP contribution < -0.4 is 10.5 Å². The second-order valence-corrected chi connectivity index (χ2v) is 3.79. The van der Waals surface area contributed by atoms with E-state index in [0.717, 1.165) is 12.1 Å². The van der Waals surface area contributed by atoms with Crippen LogP contribution in [0.1, 0.15) is 18.1 Å². The van der Waals surface area contributed by atoms with Crippen LogP contribution in [0.15, 0.2) is 18.2 Å². The Hall–Kier alpha value is -1.34. The molecule has 7 heteroatoms. The molecule has 0 fully saturated rings. The minimum absolute atomic E-state index is 0.242. The standard InChI is InChI=1S/C11H13F4NO2/c1-18-6-2-3-8(12)7(4-6)9(17)5-10(16)11(13,14)15/h2-4,9-10,17H,5,16H2,1H3/t9-,10-/m1/s1. The highest BCUT2D eigenvalue weighted by atomic mass is 19.4. The molecule has 3 N–H and O–H groups in total. The van der Waals surface area contributed by atoms with Gasteiger partial charge in [-0.25, -0.2) is 4.39 Å². The van der Waals surface area contributed by atoms with Gasteiger partial charge < -0.3 is 15.6 Å². The Labute approximate surface area is 101 Å². The molecule has 1 aromatic rings. The maximum Gasteiger partial charge on any atom is 0.403 e. The van der Waals surface area contributed by atoms with Crippen LogP contribution >= 0.6 is 0 Å². The topological polar surface area (TPSA) is 55.5 Å². The van der Waals surface area contributed by atoms with Gasteiger partial charge in [0.2, 0.25) is 0 Å². The molecule has 0 aromatic heterocycles. The summed E-state index contributed by atoms with van der Waals surface area (Å²) in [6.45, 7) is 0. The highest BCUT2D eigenvalue weighted by molar-refractivity contribution is 5.31. The lowest BCUT2D eigenvalue weighted by molar-refractivity contribution is -0.154.